The Morgan fingerprint density at radius 2 is 2.10 bits per heavy atom. The zero-order chi connectivity index (χ0) is 14.5. The number of rotatable bonds is 5. The maximum Gasteiger partial charge on any atom is 0.267 e. The molecule has 0 saturated carbocycles. The lowest BCUT2D eigenvalue weighted by Gasteiger charge is -2.09. The van der Waals surface area contributed by atoms with Crippen LogP contribution in [0.3, 0.4) is 0 Å². The van der Waals surface area contributed by atoms with Crippen molar-refractivity contribution >= 4 is 5.78 Å². The van der Waals surface area contributed by atoms with Gasteiger partial charge in [0.05, 0.1) is 18.4 Å². The molecular formula is C15H16N2O3. The number of ketones is 1. The fraction of sp³-hybridized carbons (Fsp3) is 0.267. The highest BCUT2D eigenvalue weighted by Gasteiger charge is 2.13. The Balaban J connectivity index is 2.26. The molecule has 0 aliphatic carbocycles. The summed E-state index contributed by atoms with van der Waals surface area (Å²) in [4.78, 5) is 24.0. The standard InChI is InChI=1S/C15H16N2O3/c1-3-20-14-7-5-4-6-12(14)13(18)10-17-15(19)8-11(2)9-16-17/h4-9H,3,10H2,1-2H3. The summed E-state index contributed by atoms with van der Waals surface area (Å²) in [6, 6.07) is 8.45. The molecule has 104 valence electrons. The van der Waals surface area contributed by atoms with Crippen LogP contribution < -0.4 is 10.3 Å². The van der Waals surface area contributed by atoms with E-state index < -0.39 is 0 Å². The number of hydrogen-bond donors (Lipinski definition) is 0. The number of nitrogens with zero attached hydrogens (tertiary/aromatic N) is 2. The predicted octanol–water partition coefficient (Wildman–Crippen LogP) is 1.83. The van der Waals surface area contributed by atoms with Crippen LogP contribution in [0.5, 0.6) is 5.75 Å². The summed E-state index contributed by atoms with van der Waals surface area (Å²) in [5.41, 5.74) is 0.948. The molecule has 2 rings (SSSR count). The van der Waals surface area contributed by atoms with Crippen LogP contribution in [0.15, 0.2) is 41.3 Å². The van der Waals surface area contributed by atoms with E-state index in [1.165, 1.54) is 6.07 Å². The molecule has 0 aliphatic heterocycles. The largest absolute Gasteiger partial charge is 0.493 e. The van der Waals surface area contributed by atoms with Crippen LogP contribution in [-0.4, -0.2) is 22.2 Å². The number of carbonyl (C=O) groups excluding carboxylic acids is 1. The molecule has 0 amide bonds. The van der Waals surface area contributed by atoms with E-state index in [1.54, 1.807) is 37.4 Å². The van der Waals surface area contributed by atoms with Gasteiger partial charge in [-0.05, 0) is 31.5 Å². The summed E-state index contributed by atoms with van der Waals surface area (Å²) in [6.45, 7) is 4.02. The monoisotopic (exact) mass is 272 g/mol. The van der Waals surface area contributed by atoms with Gasteiger partial charge in [0, 0.05) is 6.07 Å². The smallest absolute Gasteiger partial charge is 0.267 e. The fourth-order valence-electron chi connectivity index (χ4n) is 1.84. The van der Waals surface area contributed by atoms with E-state index >= 15 is 0 Å². The Bertz CT molecular complexity index is 677. The van der Waals surface area contributed by atoms with Gasteiger partial charge in [0.15, 0.2) is 5.78 Å². The molecular weight excluding hydrogens is 256 g/mol. The molecule has 0 radical (unpaired) electrons. The molecule has 0 unspecified atom stereocenters. The minimum Gasteiger partial charge on any atom is -0.493 e. The lowest BCUT2D eigenvalue weighted by Crippen LogP contribution is -2.26. The molecule has 0 spiro atoms. The Hall–Kier alpha value is -2.43. The van der Waals surface area contributed by atoms with Crippen molar-refractivity contribution in [3.63, 3.8) is 0 Å². The van der Waals surface area contributed by atoms with Crippen LogP contribution in [0.25, 0.3) is 0 Å². The number of benzene rings is 1. The third kappa shape index (κ3) is 3.12. The maximum atomic E-state index is 12.3. The van der Waals surface area contributed by atoms with Crippen molar-refractivity contribution in [2.24, 2.45) is 0 Å². The van der Waals surface area contributed by atoms with Crippen molar-refractivity contribution < 1.29 is 9.53 Å². The fourth-order valence-corrected chi connectivity index (χ4v) is 1.84. The third-order valence-electron chi connectivity index (χ3n) is 2.79. The number of aromatic nitrogens is 2. The first kappa shape index (κ1) is 14.0. The molecule has 0 saturated heterocycles. The molecule has 20 heavy (non-hydrogen) atoms. The molecule has 1 aromatic heterocycles. The van der Waals surface area contributed by atoms with Gasteiger partial charge in [0.2, 0.25) is 0 Å². The summed E-state index contributed by atoms with van der Waals surface area (Å²) >= 11 is 0. The predicted molar refractivity (Wildman–Crippen MR) is 75.2 cm³/mol. The van der Waals surface area contributed by atoms with Crippen LogP contribution in [0.4, 0.5) is 0 Å². The normalized spacial score (nSPS) is 10.3. The van der Waals surface area contributed by atoms with Crippen molar-refractivity contribution in [2.45, 2.75) is 20.4 Å². The van der Waals surface area contributed by atoms with Crippen molar-refractivity contribution in [1.29, 1.82) is 0 Å². The molecule has 1 aromatic carbocycles. The highest BCUT2D eigenvalue weighted by Crippen LogP contribution is 2.18. The van der Waals surface area contributed by atoms with Crippen molar-refractivity contribution in [2.75, 3.05) is 6.61 Å². The van der Waals surface area contributed by atoms with Crippen LogP contribution >= 0.6 is 0 Å². The van der Waals surface area contributed by atoms with Gasteiger partial charge in [-0.15, -0.1) is 0 Å². The Labute approximate surface area is 116 Å². The van der Waals surface area contributed by atoms with E-state index in [4.69, 9.17) is 4.74 Å². The summed E-state index contributed by atoms with van der Waals surface area (Å²) in [7, 11) is 0. The zero-order valence-electron chi connectivity index (χ0n) is 11.5. The van der Waals surface area contributed by atoms with Gasteiger partial charge in [0.1, 0.15) is 12.3 Å². The molecule has 5 heteroatoms. The lowest BCUT2D eigenvalue weighted by atomic mass is 10.1. The van der Waals surface area contributed by atoms with E-state index in [-0.39, 0.29) is 17.9 Å². The minimum absolute atomic E-state index is 0.0940. The number of ether oxygens (including phenoxy) is 1. The first-order valence-corrected chi connectivity index (χ1v) is 6.40. The zero-order valence-corrected chi connectivity index (χ0v) is 11.5. The van der Waals surface area contributed by atoms with E-state index in [2.05, 4.69) is 5.10 Å². The van der Waals surface area contributed by atoms with Gasteiger partial charge in [0.25, 0.3) is 5.56 Å². The molecule has 0 N–H and O–H groups in total. The van der Waals surface area contributed by atoms with Crippen molar-refractivity contribution in [1.82, 2.24) is 9.78 Å². The van der Waals surface area contributed by atoms with Crippen LogP contribution in [0.2, 0.25) is 0 Å². The number of para-hydroxylation sites is 1. The van der Waals surface area contributed by atoms with Crippen LogP contribution in [0.1, 0.15) is 22.8 Å². The second-order valence-corrected chi connectivity index (χ2v) is 4.38. The summed E-state index contributed by atoms with van der Waals surface area (Å²) in [5.74, 6) is 0.327. The van der Waals surface area contributed by atoms with Gasteiger partial charge < -0.3 is 4.74 Å². The van der Waals surface area contributed by atoms with E-state index in [1.807, 2.05) is 6.92 Å². The number of hydrogen-bond acceptors (Lipinski definition) is 4. The first-order valence-electron chi connectivity index (χ1n) is 6.40. The highest BCUT2D eigenvalue weighted by molar-refractivity contribution is 5.98. The van der Waals surface area contributed by atoms with Crippen LogP contribution in [-0.2, 0) is 6.54 Å². The van der Waals surface area contributed by atoms with Crippen molar-refractivity contribution in [3.05, 3.63) is 58.0 Å². The van der Waals surface area contributed by atoms with E-state index in [9.17, 15) is 9.59 Å². The molecule has 0 aliphatic rings. The van der Waals surface area contributed by atoms with Gasteiger partial charge in [-0.2, -0.15) is 5.10 Å². The highest BCUT2D eigenvalue weighted by atomic mass is 16.5. The SMILES string of the molecule is CCOc1ccccc1C(=O)Cn1ncc(C)cc1=O. The van der Waals surface area contributed by atoms with Crippen LogP contribution in [0, 0.1) is 6.92 Å². The Kier molecular flexibility index (Phi) is 4.30. The minimum atomic E-state index is -0.285. The summed E-state index contributed by atoms with van der Waals surface area (Å²) in [5, 5.41) is 3.96. The summed E-state index contributed by atoms with van der Waals surface area (Å²) < 4.78 is 6.57. The molecule has 1 heterocycles. The molecule has 0 bridgehead atoms. The quantitative estimate of drug-likeness (QED) is 0.779. The summed E-state index contributed by atoms with van der Waals surface area (Å²) in [6.07, 6.45) is 1.56. The average molecular weight is 272 g/mol. The molecule has 0 fully saturated rings. The Morgan fingerprint density at radius 3 is 2.80 bits per heavy atom. The van der Waals surface area contributed by atoms with Gasteiger partial charge >= 0.3 is 0 Å². The van der Waals surface area contributed by atoms with Gasteiger partial charge in [-0.1, -0.05) is 12.1 Å². The van der Waals surface area contributed by atoms with E-state index in [0.717, 1.165) is 10.2 Å². The molecule has 5 nitrogen and oxygen atoms in total. The van der Waals surface area contributed by atoms with E-state index in [0.29, 0.717) is 17.9 Å². The number of carbonyl (C=O) groups is 1. The van der Waals surface area contributed by atoms with Gasteiger partial charge in [-0.3, -0.25) is 9.59 Å². The Morgan fingerprint density at radius 1 is 1.35 bits per heavy atom. The number of Topliss-reactive ketones (excluding diaryl/α,β-unsaturated/α-hetero) is 1. The maximum absolute atomic E-state index is 12.3. The second-order valence-electron chi connectivity index (χ2n) is 4.38. The van der Waals surface area contributed by atoms with Crippen molar-refractivity contribution in [3.8, 4) is 5.75 Å². The first-order chi connectivity index (χ1) is 9.61. The average Bonchev–Trinajstić information content (AvgIpc) is 2.43. The molecule has 0 atom stereocenters. The second kappa shape index (κ2) is 6.14. The topological polar surface area (TPSA) is 61.2 Å². The van der Waals surface area contributed by atoms with Gasteiger partial charge in [-0.25, -0.2) is 4.68 Å². The lowest BCUT2D eigenvalue weighted by molar-refractivity contribution is 0.0962. The molecule has 2 aromatic rings. The third-order valence-corrected chi connectivity index (χ3v) is 2.79. The number of aryl methyl sites for hydroxylation is 1.